The summed E-state index contributed by atoms with van der Waals surface area (Å²) >= 11 is 0. The molecule has 0 aliphatic rings. The molecule has 0 radical (unpaired) electrons. The van der Waals surface area contributed by atoms with Gasteiger partial charge in [-0.15, -0.1) is 0 Å². The predicted octanol–water partition coefficient (Wildman–Crippen LogP) is 1.40. The number of carbonyl (C=O) groups excluding carboxylic acids is 1. The van der Waals surface area contributed by atoms with Gasteiger partial charge in [-0.1, -0.05) is 0 Å². The van der Waals surface area contributed by atoms with Gasteiger partial charge in [-0.25, -0.2) is 19.9 Å². The summed E-state index contributed by atoms with van der Waals surface area (Å²) in [6.45, 7) is 4.05. The number of nitrogens with zero attached hydrogens (tertiary/aromatic N) is 5. The van der Waals surface area contributed by atoms with Crippen molar-refractivity contribution < 1.29 is 9.53 Å². The van der Waals surface area contributed by atoms with E-state index in [2.05, 4.69) is 25.3 Å². The van der Waals surface area contributed by atoms with Gasteiger partial charge in [0, 0.05) is 6.20 Å². The standard InChI is InChI=1S/C15H17N7O2/c1-3-24-15-10(5-4-6-17-15)21-14(23)9(2)22-8-20-11-12(16)18-7-19-13(11)22/h4-9H,3H2,1-2H3,(H,21,23)(H2,16,18,19). The normalized spacial score (nSPS) is 12.1. The lowest BCUT2D eigenvalue weighted by Crippen LogP contribution is -2.24. The SMILES string of the molecule is CCOc1ncccc1NC(=O)C(C)n1cnc2c(N)ncnc21. The van der Waals surface area contributed by atoms with Crippen LogP contribution < -0.4 is 15.8 Å². The molecule has 0 aliphatic carbocycles. The number of anilines is 2. The molecule has 3 aromatic rings. The molecule has 3 aromatic heterocycles. The van der Waals surface area contributed by atoms with Gasteiger partial charge in [-0.3, -0.25) is 4.79 Å². The Morgan fingerprint density at radius 3 is 3.00 bits per heavy atom. The zero-order valence-electron chi connectivity index (χ0n) is 13.3. The Morgan fingerprint density at radius 1 is 1.38 bits per heavy atom. The van der Waals surface area contributed by atoms with Crippen molar-refractivity contribution >= 4 is 28.6 Å². The maximum Gasteiger partial charge on any atom is 0.247 e. The number of hydrogen-bond acceptors (Lipinski definition) is 7. The Morgan fingerprint density at radius 2 is 2.21 bits per heavy atom. The molecule has 1 unspecified atom stereocenters. The summed E-state index contributed by atoms with van der Waals surface area (Å²) in [5.74, 6) is 0.403. The zero-order chi connectivity index (χ0) is 17.1. The number of imidazole rings is 1. The molecule has 0 aliphatic heterocycles. The van der Waals surface area contributed by atoms with Crippen LogP contribution in [0.25, 0.3) is 11.2 Å². The van der Waals surface area contributed by atoms with E-state index >= 15 is 0 Å². The number of nitrogens with one attached hydrogen (secondary N) is 1. The highest BCUT2D eigenvalue weighted by Crippen LogP contribution is 2.23. The van der Waals surface area contributed by atoms with Gasteiger partial charge >= 0.3 is 0 Å². The van der Waals surface area contributed by atoms with Gasteiger partial charge in [0.1, 0.15) is 23.6 Å². The lowest BCUT2D eigenvalue weighted by Gasteiger charge is -2.15. The van der Waals surface area contributed by atoms with Crippen molar-refractivity contribution in [3.63, 3.8) is 0 Å². The first-order chi connectivity index (χ1) is 11.6. The van der Waals surface area contributed by atoms with Crippen LogP contribution in [0.4, 0.5) is 11.5 Å². The molecular weight excluding hydrogens is 310 g/mol. The number of fused-ring (bicyclic) bond motifs is 1. The fraction of sp³-hybridized carbons (Fsp3) is 0.267. The number of nitrogen functional groups attached to an aromatic ring is 1. The number of rotatable bonds is 5. The first-order valence-electron chi connectivity index (χ1n) is 7.43. The molecule has 124 valence electrons. The fourth-order valence-electron chi connectivity index (χ4n) is 2.25. The van der Waals surface area contributed by atoms with Crippen LogP contribution in [-0.2, 0) is 4.79 Å². The molecule has 0 fully saturated rings. The highest BCUT2D eigenvalue weighted by molar-refractivity contribution is 5.95. The summed E-state index contributed by atoms with van der Waals surface area (Å²) in [4.78, 5) is 28.9. The lowest BCUT2D eigenvalue weighted by molar-refractivity contribution is -0.118. The molecule has 0 saturated heterocycles. The van der Waals surface area contributed by atoms with Crippen molar-refractivity contribution in [3.8, 4) is 5.88 Å². The maximum absolute atomic E-state index is 12.6. The number of carbonyl (C=O) groups is 1. The second-order valence-electron chi connectivity index (χ2n) is 5.04. The van der Waals surface area contributed by atoms with E-state index in [9.17, 15) is 4.79 Å². The Bertz CT molecular complexity index is 877. The summed E-state index contributed by atoms with van der Waals surface area (Å²) in [7, 11) is 0. The fourth-order valence-corrected chi connectivity index (χ4v) is 2.25. The minimum Gasteiger partial charge on any atom is -0.476 e. The molecule has 3 N–H and O–H groups in total. The molecule has 9 nitrogen and oxygen atoms in total. The van der Waals surface area contributed by atoms with Crippen molar-refractivity contribution in [2.24, 2.45) is 0 Å². The summed E-state index contributed by atoms with van der Waals surface area (Å²) in [6.07, 6.45) is 4.47. The van der Waals surface area contributed by atoms with E-state index in [0.29, 0.717) is 29.3 Å². The number of pyridine rings is 1. The van der Waals surface area contributed by atoms with Crippen molar-refractivity contribution in [3.05, 3.63) is 31.0 Å². The molecule has 24 heavy (non-hydrogen) atoms. The van der Waals surface area contributed by atoms with Crippen LogP contribution in [0.2, 0.25) is 0 Å². The first kappa shape index (κ1) is 15.7. The van der Waals surface area contributed by atoms with Crippen molar-refractivity contribution in [1.29, 1.82) is 0 Å². The average Bonchev–Trinajstić information content (AvgIpc) is 3.01. The van der Waals surface area contributed by atoms with Crippen LogP contribution >= 0.6 is 0 Å². The zero-order valence-corrected chi connectivity index (χ0v) is 13.3. The van der Waals surface area contributed by atoms with E-state index in [1.165, 1.54) is 12.7 Å². The molecule has 3 rings (SSSR count). The van der Waals surface area contributed by atoms with Gasteiger partial charge < -0.3 is 20.4 Å². The average molecular weight is 327 g/mol. The third-order valence-corrected chi connectivity index (χ3v) is 3.49. The van der Waals surface area contributed by atoms with E-state index in [0.717, 1.165) is 0 Å². The van der Waals surface area contributed by atoms with E-state index in [4.69, 9.17) is 10.5 Å². The Labute approximate surface area is 137 Å². The second kappa shape index (κ2) is 6.49. The monoisotopic (exact) mass is 327 g/mol. The number of ether oxygens (including phenoxy) is 1. The predicted molar refractivity (Wildman–Crippen MR) is 88.5 cm³/mol. The van der Waals surface area contributed by atoms with Crippen LogP contribution in [0.15, 0.2) is 31.0 Å². The lowest BCUT2D eigenvalue weighted by atomic mass is 10.3. The van der Waals surface area contributed by atoms with Gasteiger partial charge in [0.2, 0.25) is 11.8 Å². The van der Waals surface area contributed by atoms with Crippen LogP contribution in [0.1, 0.15) is 19.9 Å². The second-order valence-corrected chi connectivity index (χ2v) is 5.04. The van der Waals surface area contributed by atoms with Gasteiger partial charge in [-0.05, 0) is 26.0 Å². The summed E-state index contributed by atoms with van der Waals surface area (Å²) in [5, 5.41) is 2.81. The Balaban J connectivity index is 1.86. The highest BCUT2D eigenvalue weighted by Gasteiger charge is 2.20. The molecular formula is C15H17N7O2. The number of aromatic nitrogens is 5. The van der Waals surface area contributed by atoms with E-state index in [-0.39, 0.29) is 11.7 Å². The summed E-state index contributed by atoms with van der Waals surface area (Å²) in [6, 6.07) is 2.90. The van der Waals surface area contributed by atoms with Crippen LogP contribution in [0.5, 0.6) is 5.88 Å². The largest absolute Gasteiger partial charge is 0.476 e. The molecule has 9 heteroatoms. The maximum atomic E-state index is 12.6. The van der Waals surface area contributed by atoms with Gasteiger partial charge in [0.15, 0.2) is 11.5 Å². The molecule has 3 heterocycles. The van der Waals surface area contributed by atoms with Crippen molar-refractivity contribution in [1.82, 2.24) is 24.5 Å². The minimum atomic E-state index is -0.556. The molecule has 0 spiro atoms. The molecule has 0 bridgehead atoms. The number of amides is 1. The van der Waals surface area contributed by atoms with E-state index < -0.39 is 6.04 Å². The van der Waals surface area contributed by atoms with E-state index in [1.54, 1.807) is 29.8 Å². The third-order valence-electron chi connectivity index (χ3n) is 3.49. The molecule has 1 amide bonds. The number of hydrogen-bond donors (Lipinski definition) is 2. The smallest absolute Gasteiger partial charge is 0.247 e. The molecule has 0 aromatic carbocycles. The topological polar surface area (TPSA) is 121 Å². The van der Waals surface area contributed by atoms with Crippen molar-refractivity contribution in [2.45, 2.75) is 19.9 Å². The van der Waals surface area contributed by atoms with E-state index in [1.807, 2.05) is 6.92 Å². The van der Waals surface area contributed by atoms with Gasteiger partial charge in [-0.2, -0.15) is 0 Å². The molecule has 0 saturated carbocycles. The highest BCUT2D eigenvalue weighted by atomic mass is 16.5. The quantitative estimate of drug-likeness (QED) is 0.726. The number of nitrogens with two attached hydrogens (primary N) is 1. The van der Waals surface area contributed by atoms with Gasteiger partial charge in [0.25, 0.3) is 0 Å². The summed E-state index contributed by atoms with van der Waals surface area (Å²) < 4.78 is 7.05. The molecule has 1 atom stereocenters. The van der Waals surface area contributed by atoms with Crippen LogP contribution in [0.3, 0.4) is 0 Å². The summed E-state index contributed by atoms with van der Waals surface area (Å²) in [5.41, 5.74) is 7.25. The first-order valence-corrected chi connectivity index (χ1v) is 7.43. The Hall–Kier alpha value is -3.23. The Kier molecular flexibility index (Phi) is 4.23. The van der Waals surface area contributed by atoms with Crippen LogP contribution in [-0.4, -0.2) is 37.0 Å². The minimum absolute atomic E-state index is 0.250. The van der Waals surface area contributed by atoms with Crippen LogP contribution in [0, 0.1) is 0 Å². The third kappa shape index (κ3) is 2.83. The van der Waals surface area contributed by atoms with Crippen molar-refractivity contribution in [2.75, 3.05) is 17.7 Å². The van der Waals surface area contributed by atoms with Gasteiger partial charge in [0.05, 0.1) is 12.9 Å².